The molecule has 2 aromatic heterocycles. The molecule has 9 heteroatoms. The third-order valence-corrected chi connectivity index (χ3v) is 7.48. The van der Waals surface area contributed by atoms with Gasteiger partial charge in [0.05, 0.1) is 18.5 Å². The molecule has 0 aliphatic heterocycles. The lowest BCUT2D eigenvalue weighted by Crippen LogP contribution is -2.20. The van der Waals surface area contributed by atoms with E-state index in [1.165, 1.54) is 25.0 Å². The largest absolute Gasteiger partial charge is 0.494 e. The van der Waals surface area contributed by atoms with E-state index >= 15 is 0 Å². The fourth-order valence-corrected chi connectivity index (χ4v) is 5.26. The van der Waals surface area contributed by atoms with Crippen molar-refractivity contribution >= 4 is 29.1 Å². The van der Waals surface area contributed by atoms with Crippen molar-refractivity contribution in [2.75, 3.05) is 17.7 Å². The summed E-state index contributed by atoms with van der Waals surface area (Å²) in [6.45, 7) is 2.22. The van der Waals surface area contributed by atoms with E-state index in [0.29, 0.717) is 28.8 Å². The summed E-state index contributed by atoms with van der Waals surface area (Å²) in [5.74, 6) is 2.60. The molecule has 2 aromatic carbocycles. The lowest BCUT2D eigenvalue weighted by Gasteiger charge is -2.19. The van der Waals surface area contributed by atoms with Gasteiger partial charge in [-0.25, -0.2) is 14.4 Å². The lowest BCUT2D eigenvalue weighted by atomic mass is 9.97. The molecule has 2 aliphatic rings. The zero-order valence-corrected chi connectivity index (χ0v) is 21.5. The number of aromatic nitrogens is 4. The van der Waals surface area contributed by atoms with E-state index in [4.69, 9.17) is 26.3 Å². The van der Waals surface area contributed by atoms with Crippen molar-refractivity contribution in [1.82, 2.24) is 19.5 Å². The van der Waals surface area contributed by atoms with Gasteiger partial charge in [-0.15, -0.1) is 0 Å². The predicted molar refractivity (Wildman–Crippen MR) is 143 cm³/mol. The van der Waals surface area contributed by atoms with Crippen LogP contribution in [0.3, 0.4) is 0 Å². The molecule has 0 saturated heterocycles. The van der Waals surface area contributed by atoms with Gasteiger partial charge in [-0.1, -0.05) is 23.7 Å². The summed E-state index contributed by atoms with van der Waals surface area (Å²) in [5, 5.41) is 7.46. The monoisotopic (exact) mass is 518 g/mol. The topological polar surface area (TPSA) is 76.9 Å². The second kappa shape index (κ2) is 9.67. The number of ether oxygens (including phenoxy) is 1. The van der Waals surface area contributed by atoms with Gasteiger partial charge in [0.25, 0.3) is 0 Å². The van der Waals surface area contributed by atoms with Gasteiger partial charge in [0.1, 0.15) is 28.9 Å². The zero-order valence-electron chi connectivity index (χ0n) is 20.7. The molecule has 6 rings (SSSR count). The molecule has 0 bridgehead atoms. The van der Waals surface area contributed by atoms with Crippen LogP contribution in [0.4, 0.5) is 21.8 Å². The van der Waals surface area contributed by atoms with Gasteiger partial charge in [-0.3, -0.25) is 0 Å². The van der Waals surface area contributed by atoms with Gasteiger partial charge in [0, 0.05) is 35.5 Å². The molecule has 1 saturated carbocycles. The van der Waals surface area contributed by atoms with Crippen molar-refractivity contribution in [2.24, 2.45) is 5.92 Å². The molecule has 0 spiro atoms. The van der Waals surface area contributed by atoms with Crippen LogP contribution in [0.5, 0.6) is 5.75 Å². The molecule has 7 nitrogen and oxygen atoms in total. The van der Waals surface area contributed by atoms with Crippen molar-refractivity contribution in [3.8, 4) is 11.4 Å². The van der Waals surface area contributed by atoms with Gasteiger partial charge in [0.15, 0.2) is 0 Å². The van der Waals surface area contributed by atoms with Crippen molar-refractivity contribution in [1.29, 1.82) is 0 Å². The molecule has 1 fully saturated rings. The first-order chi connectivity index (χ1) is 18.0. The third-order valence-electron chi connectivity index (χ3n) is 7.28. The highest BCUT2D eigenvalue weighted by Crippen LogP contribution is 2.42. The average molecular weight is 519 g/mol. The van der Waals surface area contributed by atoms with Crippen LogP contribution >= 0.6 is 11.6 Å². The Balaban J connectivity index is 1.35. The fraction of sp³-hybridized carbons (Fsp3) is 0.321. The minimum Gasteiger partial charge on any atom is -0.494 e. The summed E-state index contributed by atoms with van der Waals surface area (Å²) in [4.78, 5) is 14.0. The number of fused-ring (bicyclic) bond motifs is 1. The summed E-state index contributed by atoms with van der Waals surface area (Å²) < 4.78 is 21.0. The summed E-state index contributed by atoms with van der Waals surface area (Å²) in [6.07, 6.45) is 7.67. The Morgan fingerprint density at radius 2 is 1.92 bits per heavy atom. The number of benzene rings is 2. The first-order valence-corrected chi connectivity index (χ1v) is 12.9. The highest BCUT2D eigenvalue weighted by Gasteiger charge is 2.33. The number of nitrogens with zero attached hydrogens (tertiary/aromatic N) is 4. The summed E-state index contributed by atoms with van der Waals surface area (Å²) in [7, 11) is 1.63. The van der Waals surface area contributed by atoms with Crippen LogP contribution in [0, 0.1) is 11.7 Å². The molecule has 2 unspecified atom stereocenters. The number of nitrogens with one attached hydrogen (secondary N) is 2. The Labute approximate surface area is 220 Å². The third kappa shape index (κ3) is 4.85. The van der Waals surface area contributed by atoms with E-state index in [1.54, 1.807) is 19.6 Å². The normalized spacial score (nSPS) is 17.4. The quantitative estimate of drug-likeness (QED) is 0.277. The van der Waals surface area contributed by atoms with Crippen LogP contribution in [0.15, 0.2) is 55.0 Å². The van der Waals surface area contributed by atoms with Crippen molar-refractivity contribution in [3.05, 3.63) is 82.8 Å². The molecule has 0 radical (unpaired) electrons. The van der Waals surface area contributed by atoms with Crippen LogP contribution in [-0.4, -0.2) is 32.7 Å². The van der Waals surface area contributed by atoms with E-state index in [1.807, 2.05) is 34.9 Å². The van der Waals surface area contributed by atoms with Gasteiger partial charge >= 0.3 is 0 Å². The summed E-state index contributed by atoms with van der Waals surface area (Å²) >= 11 is 6.00. The highest BCUT2D eigenvalue weighted by atomic mass is 35.5. The number of imidazole rings is 1. The maximum absolute atomic E-state index is 13.6. The molecule has 2 aliphatic carbocycles. The highest BCUT2D eigenvalue weighted by molar-refractivity contribution is 6.29. The van der Waals surface area contributed by atoms with Gasteiger partial charge in [0.2, 0.25) is 5.95 Å². The van der Waals surface area contributed by atoms with E-state index in [0.717, 1.165) is 46.9 Å². The van der Waals surface area contributed by atoms with Crippen molar-refractivity contribution in [2.45, 2.75) is 44.6 Å². The fourth-order valence-electron chi connectivity index (χ4n) is 5.11. The van der Waals surface area contributed by atoms with E-state index in [2.05, 4.69) is 22.5 Å². The Bertz CT molecular complexity index is 1440. The minimum atomic E-state index is -0.233. The van der Waals surface area contributed by atoms with E-state index in [9.17, 15) is 4.39 Å². The standard InChI is InChI=1S/C28H28ClFN6O/c1-16(17-3-4-17)32-27-22-11-10-21(18-5-7-19(30)8-6-18)26(22)34-28(35-27)33-20-9-12-23(24(13-20)37-2)36-14-25(29)31-15-36/h5-9,12-17,21H,3-4,10-11H2,1-2H3,(H2,32,33,34,35). The molecular weight excluding hydrogens is 491 g/mol. The molecule has 2 heterocycles. The first-order valence-electron chi connectivity index (χ1n) is 12.6. The molecule has 2 N–H and O–H groups in total. The van der Waals surface area contributed by atoms with E-state index < -0.39 is 0 Å². The molecule has 37 heavy (non-hydrogen) atoms. The Kier molecular flexibility index (Phi) is 6.20. The van der Waals surface area contributed by atoms with Crippen LogP contribution < -0.4 is 15.4 Å². The summed E-state index contributed by atoms with van der Waals surface area (Å²) in [5.41, 5.74) is 4.82. The minimum absolute atomic E-state index is 0.0961. The van der Waals surface area contributed by atoms with Crippen LogP contribution in [0.25, 0.3) is 5.69 Å². The Hall–Kier alpha value is -3.65. The maximum atomic E-state index is 13.6. The molecule has 2 atom stereocenters. The number of hydrogen-bond donors (Lipinski definition) is 2. The second-order valence-electron chi connectivity index (χ2n) is 9.79. The number of anilines is 3. The Morgan fingerprint density at radius 3 is 2.62 bits per heavy atom. The van der Waals surface area contributed by atoms with Crippen LogP contribution in [0.1, 0.15) is 48.9 Å². The van der Waals surface area contributed by atoms with Gasteiger partial charge in [-0.05, 0) is 68.4 Å². The predicted octanol–water partition coefficient (Wildman–Crippen LogP) is 6.50. The van der Waals surface area contributed by atoms with Gasteiger partial charge < -0.3 is 19.9 Å². The van der Waals surface area contributed by atoms with Crippen LogP contribution in [0.2, 0.25) is 5.15 Å². The number of halogens is 2. The molecule has 4 aromatic rings. The average Bonchev–Trinajstić information content (AvgIpc) is 3.53. The van der Waals surface area contributed by atoms with Crippen molar-refractivity contribution in [3.63, 3.8) is 0 Å². The zero-order chi connectivity index (χ0) is 25.5. The maximum Gasteiger partial charge on any atom is 0.229 e. The van der Waals surface area contributed by atoms with Crippen LogP contribution in [-0.2, 0) is 6.42 Å². The number of hydrogen-bond acceptors (Lipinski definition) is 6. The number of rotatable bonds is 8. The van der Waals surface area contributed by atoms with Gasteiger partial charge in [-0.2, -0.15) is 4.98 Å². The number of methoxy groups -OCH3 is 1. The Morgan fingerprint density at radius 1 is 1.11 bits per heavy atom. The summed E-state index contributed by atoms with van der Waals surface area (Å²) in [6, 6.07) is 12.9. The smallest absolute Gasteiger partial charge is 0.229 e. The van der Waals surface area contributed by atoms with E-state index in [-0.39, 0.29) is 11.7 Å². The lowest BCUT2D eigenvalue weighted by molar-refractivity contribution is 0.413. The molecule has 190 valence electrons. The van der Waals surface area contributed by atoms with Crippen molar-refractivity contribution < 1.29 is 9.13 Å². The first kappa shape index (κ1) is 23.7. The molecular formula is C28H28ClFN6O. The molecule has 0 amide bonds. The SMILES string of the molecule is COc1cc(Nc2nc(NC(C)C3CC3)c3c(n2)C(c2ccc(F)cc2)CC3)ccc1-n1cnc(Cl)c1. The second-order valence-corrected chi connectivity index (χ2v) is 10.2.